The quantitative estimate of drug-likeness (QED) is 0.0590. The minimum Gasteiger partial charge on any atom is -0.512 e. The molecule has 57 heavy (non-hydrogen) atoms. The summed E-state index contributed by atoms with van der Waals surface area (Å²) in [6, 6.07) is 34.4. The molecule has 0 aliphatic rings. The van der Waals surface area contributed by atoms with Gasteiger partial charge in [0.2, 0.25) is 0 Å². The van der Waals surface area contributed by atoms with Gasteiger partial charge < -0.3 is 10.2 Å². The van der Waals surface area contributed by atoms with Gasteiger partial charge in [-0.1, -0.05) is 120 Å². The van der Waals surface area contributed by atoms with Crippen molar-refractivity contribution in [3.63, 3.8) is 0 Å². The number of nitrogens with zero attached hydrogens (tertiary/aromatic N) is 2. The number of benzene rings is 6. The zero-order chi connectivity index (χ0) is 40.3. The van der Waals surface area contributed by atoms with E-state index < -0.39 is 12.1 Å². The average molecular weight is 800 g/mol. The van der Waals surface area contributed by atoms with Gasteiger partial charge in [-0.25, -0.2) is 0 Å². The molecule has 0 saturated heterocycles. The van der Waals surface area contributed by atoms with Gasteiger partial charge in [0.1, 0.15) is 23.6 Å². The van der Waals surface area contributed by atoms with Crippen LogP contribution >= 0.6 is 0 Å². The fraction of sp³-hybridized carbons (Fsp3) is 0.200. The first kappa shape index (κ1) is 42.3. The summed E-state index contributed by atoms with van der Waals surface area (Å²) >= 11 is 0. The fourth-order valence-electron chi connectivity index (χ4n) is 7.97. The maximum absolute atomic E-state index is 14.3. The molecule has 291 valence electrons. The molecule has 2 atom stereocenters. The molecule has 1 radical (unpaired) electrons. The second-order valence-electron chi connectivity index (χ2n) is 14.8. The van der Waals surface area contributed by atoms with Crippen molar-refractivity contribution in [2.45, 2.75) is 67.5 Å². The molecule has 0 saturated carbocycles. The molecule has 0 amide bonds. The third-order valence-corrected chi connectivity index (χ3v) is 10.4. The smallest absolute Gasteiger partial charge is 0.198 e. The number of carbonyl (C=O) groups is 2. The SMILES string of the molecule is C/C(O)=C(/C=N[C@@H](c1cccc2ccccc12)[C@@H](N=C/C(C(=O)c1c(C)cc(C)cc1C)=C(/C)O)c1cccc2ccccc12)C(=O)c1c(C)cc(C)cc1C.[Co]. The molecule has 0 aliphatic carbocycles. The van der Waals surface area contributed by atoms with Gasteiger partial charge in [-0.15, -0.1) is 0 Å². The largest absolute Gasteiger partial charge is 0.512 e. The van der Waals surface area contributed by atoms with Gasteiger partial charge in [0.25, 0.3) is 0 Å². The zero-order valence-corrected chi connectivity index (χ0v) is 34.7. The van der Waals surface area contributed by atoms with E-state index in [0.717, 1.165) is 66.1 Å². The minimum absolute atomic E-state index is 0. The molecule has 0 heterocycles. The number of allylic oxidation sites excluding steroid dienone is 4. The van der Waals surface area contributed by atoms with E-state index in [4.69, 9.17) is 9.98 Å². The van der Waals surface area contributed by atoms with Gasteiger partial charge in [0, 0.05) is 40.3 Å². The standard InChI is InChI=1S/C50H48N2O4.Co/c1-29-23-31(3)45(32(4)24-29)49(55)43(35(7)53)27-51-47(41-21-13-17-37-15-9-11-19-39(37)41)48(42-22-14-18-38-16-10-12-20-40(38)42)52-28-44(36(8)54)50(56)46-33(5)25-30(2)26-34(46)6;/h9-28,47-48,53-54H,1-8H3;/b43-35+,44-36+,51-27?,52-28?;/t47-,48-;/m0./s1. The van der Waals surface area contributed by atoms with E-state index in [1.165, 1.54) is 26.3 Å². The van der Waals surface area contributed by atoms with Crippen molar-refractivity contribution in [1.82, 2.24) is 0 Å². The van der Waals surface area contributed by atoms with Crippen LogP contribution in [0.15, 0.2) is 142 Å². The van der Waals surface area contributed by atoms with Crippen LogP contribution in [0.2, 0.25) is 0 Å². The van der Waals surface area contributed by atoms with E-state index in [0.29, 0.717) is 11.1 Å². The topological polar surface area (TPSA) is 99.3 Å². The Hall–Kier alpha value is -5.89. The summed E-state index contributed by atoms with van der Waals surface area (Å²) in [6.07, 6.45) is 2.93. The van der Waals surface area contributed by atoms with Crippen molar-refractivity contribution in [3.8, 4) is 0 Å². The Kier molecular flexibility index (Phi) is 13.3. The molecule has 0 aromatic heterocycles. The van der Waals surface area contributed by atoms with Crippen LogP contribution in [-0.4, -0.2) is 34.2 Å². The van der Waals surface area contributed by atoms with Crippen LogP contribution in [0.1, 0.15) is 91.2 Å². The number of carbonyl (C=O) groups excluding carboxylic acids is 2. The Morgan fingerprint density at radius 3 is 1.16 bits per heavy atom. The molecule has 0 aliphatic heterocycles. The zero-order valence-electron chi connectivity index (χ0n) is 33.6. The number of hydrogen-bond acceptors (Lipinski definition) is 6. The average Bonchev–Trinajstić information content (AvgIpc) is 3.14. The molecule has 7 heteroatoms. The van der Waals surface area contributed by atoms with Crippen LogP contribution in [-0.2, 0) is 16.8 Å². The number of ketones is 2. The summed E-state index contributed by atoms with van der Waals surface area (Å²) in [5.41, 5.74) is 8.17. The van der Waals surface area contributed by atoms with Gasteiger partial charge in [-0.05, 0) is 110 Å². The Morgan fingerprint density at radius 2 is 0.825 bits per heavy atom. The van der Waals surface area contributed by atoms with Gasteiger partial charge in [-0.2, -0.15) is 0 Å². The molecule has 6 rings (SSSR count). The summed E-state index contributed by atoms with van der Waals surface area (Å²) in [4.78, 5) is 39.0. The number of hydrogen-bond donors (Lipinski definition) is 2. The number of aliphatic hydroxyl groups is 2. The van der Waals surface area contributed by atoms with Crippen LogP contribution < -0.4 is 0 Å². The molecule has 6 nitrogen and oxygen atoms in total. The van der Waals surface area contributed by atoms with Crippen LogP contribution in [0.3, 0.4) is 0 Å². The van der Waals surface area contributed by atoms with Crippen molar-refractivity contribution >= 4 is 45.5 Å². The first-order valence-electron chi connectivity index (χ1n) is 18.8. The van der Waals surface area contributed by atoms with E-state index in [1.54, 1.807) is 0 Å². The van der Waals surface area contributed by atoms with Gasteiger partial charge >= 0.3 is 0 Å². The van der Waals surface area contributed by atoms with Crippen LogP contribution in [0.25, 0.3) is 21.5 Å². The third-order valence-electron chi connectivity index (χ3n) is 10.4. The number of aliphatic hydroxyl groups excluding tert-OH is 2. The Balaban J connectivity index is 0.00000620. The Morgan fingerprint density at radius 1 is 0.509 bits per heavy atom. The first-order chi connectivity index (χ1) is 26.8. The van der Waals surface area contributed by atoms with E-state index in [1.807, 2.05) is 151 Å². The van der Waals surface area contributed by atoms with Crippen molar-refractivity contribution in [3.05, 3.63) is 187 Å². The number of aliphatic imine (C=N–C) groups is 2. The number of Topliss-reactive ketones (excluding diaryl/α,β-unsaturated/α-hetero) is 2. The second kappa shape index (κ2) is 17.9. The molecular weight excluding hydrogens is 751 g/mol. The number of aryl methyl sites for hydroxylation is 6. The number of rotatable bonds is 11. The molecule has 0 bridgehead atoms. The predicted molar refractivity (Wildman–Crippen MR) is 231 cm³/mol. The van der Waals surface area contributed by atoms with E-state index in [-0.39, 0.29) is 51.0 Å². The van der Waals surface area contributed by atoms with Gasteiger partial charge in [-0.3, -0.25) is 19.6 Å². The maximum atomic E-state index is 14.3. The molecular formula is C50H48CoN2O4. The molecule has 6 aromatic carbocycles. The fourth-order valence-corrected chi connectivity index (χ4v) is 7.97. The van der Waals surface area contributed by atoms with E-state index in [2.05, 4.69) is 0 Å². The minimum atomic E-state index is -0.760. The molecule has 0 spiro atoms. The van der Waals surface area contributed by atoms with E-state index >= 15 is 0 Å². The molecule has 0 fully saturated rings. The number of fused-ring (bicyclic) bond motifs is 2. The molecule has 2 N–H and O–H groups in total. The normalized spacial score (nSPS) is 13.7. The summed E-state index contributed by atoms with van der Waals surface area (Å²) < 4.78 is 0. The summed E-state index contributed by atoms with van der Waals surface area (Å²) in [7, 11) is 0. The van der Waals surface area contributed by atoms with Crippen LogP contribution in [0.5, 0.6) is 0 Å². The molecule has 0 unspecified atom stereocenters. The Bertz CT molecular complexity index is 2400. The predicted octanol–water partition coefficient (Wildman–Crippen LogP) is 12.2. The van der Waals surface area contributed by atoms with Crippen LogP contribution in [0.4, 0.5) is 0 Å². The van der Waals surface area contributed by atoms with E-state index in [9.17, 15) is 19.8 Å². The molecule has 6 aromatic rings. The summed E-state index contributed by atoms with van der Waals surface area (Å²) in [5, 5.41) is 26.0. The monoisotopic (exact) mass is 799 g/mol. The second-order valence-corrected chi connectivity index (χ2v) is 14.8. The summed E-state index contributed by atoms with van der Waals surface area (Å²) in [6.45, 7) is 14.5. The first-order valence-corrected chi connectivity index (χ1v) is 18.8. The maximum Gasteiger partial charge on any atom is 0.198 e. The van der Waals surface area contributed by atoms with Crippen LogP contribution in [0, 0.1) is 41.5 Å². The Labute approximate surface area is 345 Å². The van der Waals surface area contributed by atoms with Crippen molar-refractivity contribution < 1.29 is 36.6 Å². The van der Waals surface area contributed by atoms with Crippen molar-refractivity contribution in [2.75, 3.05) is 0 Å². The van der Waals surface area contributed by atoms with Gasteiger partial charge in [0.15, 0.2) is 11.6 Å². The van der Waals surface area contributed by atoms with Crippen molar-refractivity contribution in [2.24, 2.45) is 9.98 Å². The third kappa shape index (κ3) is 8.91. The van der Waals surface area contributed by atoms with Crippen molar-refractivity contribution in [1.29, 1.82) is 0 Å². The van der Waals surface area contributed by atoms with Gasteiger partial charge in [0.05, 0.1) is 11.1 Å². The summed E-state index contributed by atoms with van der Waals surface area (Å²) in [5.74, 6) is -0.978.